The molecule has 0 aliphatic carbocycles. The Hall–Kier alpha value is -3.44. The lowest BCUT2D eigenvalue weighted by molar-refractivity contribution is -0.123. The molecule has 0 atom stereocenters. The van der Waals surface area contributed by atoms with E-state index in [0.29, 0.717) is 12.3 Å². The summed E-state index contributed by atoms with van der Waals surface area (Å²) in [5, 5.41) is 5.94. The van der Waals surface area contributed by atoms with Crippen LogP contribution in [0, 0.1) is 6.92 Å². The molecule has 0 aliphatic heterocycles. The summed E-state index contributed by atoms with van der Waals surface area (Å²) in [4.78, 5) is 16.9. The van der Waals surface area contributed by atoms with Gasteiger partial charge in [0.2, 0.25) is 0 Å². The van der Waals surface area contributed by atoms with Gasteiger partial charge in [-0.25, -0.2) is 4.98 Å². The van der Waals surface area contributed by atoms with E-state index in [-0.39, 0.29) is 12.5 Å². The smallest absolute Gasteiger partial charge is 0.258 e. The highest BCUT2D eigenvalue weighted by Crippen LogP contribution is 2.29. The molecule has 1 N–H and O–H groups in total. The second kappa shape index (κ2) is 9.37. The maximum atomic E-state index is 12.1. The van der Waals surface area contributed by atoms with E-state index in [9.17, 15) is 4.79 Å². The SMILES string of the molecule is Cc1ccc(OCC(=O)NCc2cccc(-c3nc(-c4ccccc4)cs3)c2)cc1. The minimum atomic E-state index is -0.151. The molecule has 5 heteroatoms. The van der Waals surface area contributed by atoms with Crippen molar-refractivity contribution < 1.29 is 9.53 Å². The molecule has 0 radical (unpaired) electrons. The standard InChI is InChI=1S/C25H22N2O2S/c1-18-10-12-22(13-11-18)29-16-24(28)26-15-19-6-5-9-21(14-19)25-27-23(17-30-25)20-7-3-2-4-8-20/h2-14,17H,15-16H2,1H3,(H,26,28). The maximum Gasteiger partial charge on any atom is 0.258 e. The molecule has 3 aromatic carbocycles. The van der Waals surface area contributed by atoms with Gasteiger partial charge >= 0.3 is 0 Å². The Balaban J connectivity index is 1.35. The zero-order valence-electron chi connectivity index (χ0n) is 16.7. The van der Waals surface area contributed by atoms with Gasteiger partial charge in [0.25, 0.3) is 5.91 Å². The molecule has 30 heavy (non-hydrogen) atoms. The second-order valence-electron chi connectivity index (χ2n) is 6.98. The van der Waals surface area contributed by atoms with E-state index in [4.69, 9.17) is 9.72 Å². The topological polar surface area (TPSA) is 51.2 Å². The summed E-state index contributed by atoms with van der Waals surface area (Å²) in [6, 6.07) is 25.9. The molecule has 0 fully saturated rings. The van der Waals surface area contributed by atoms with Gasteiger partial charge in [0, 0.05) is 23.1 Å². The summed E-state index contributed by atoms with van der Waals surface area (Å²) < 4.78 is 5.53. The number of benzene rings is 3. The molecule has 4 nitrogen and oxygen atoms in total. The van der Waals surface area contributed by atoms with Crippen LogP contribution in [0.5, 0.6) is 5.75 Å². The molecule has 0 saturated heterocycles. The van der Waals surface area contributed by atoms with E-state index in [1.165, 1.54) is 0 Å². The van der Waals surface area contributed by atoms with Crippen molar-refractivity contribution in [3.05, 3.63) is 95.4 Å². The Labute approximate surface area is 180 Å². The molecule has 150 valence electrons. The fourth-order valence-corrected chi connectivity index (χ4v) is 3.82. The lowest BCUT2D eigenvalue weighted by Crippen LogP contribution is -2.28. The molecule has 4 aromatic rings. The van der Waals surface area contributed by atoms with Crippen LogP contribution in [0.25, 0.3) is 21.8 Å². The molecule has 1 heterocycles. The van der Waals surface area contributed by atoms with Crippen LogP contribution in [0.4, 0.5) is 0 Å². The lowest BCUT2D eigenvalue weighted by atomic mass is 10.1. The molecule has 1 amide bonds. The monoisotopic (exact) mass is 414 g/mol. The minimum absolute atomic E-state index is 0.00430. The third-order valence-electron chi connectivity index (χ3n) is 4.63. The summed E-state index contributed by atoms with van der Waals surface area (Å²) in [6.45, 7) is 2.45. The van der Waals surface area contributed by atoms with Crippen LogP contribution in [0.3, 0.4) is 0 Å². The van der Waals surface area contributed by atoms with Crippen LogP contribution in [0.1, 0.15) is 11.1 Å². The number of hydrogen-bond acceptors (Lipinski definition) is 4. The first-order valence-corrected chi connectivity index (χ1v) is 10.6. The number of carbonyl (C=O) groups excluding carboxylic acids is 1. The maximum absolute atomic E-state index is 12.1. The first-order valence-electron chi connectivity index (χ1n) is 9.74. The highest BCUT2D eigenvalue weighted by atomic mass is 32.1. The quantitative estimate of drug-likeness (QED) is 0.436. The van der Waals surface area contributed by atoms with Crippen molar-refractivity contribution in [3.63, 3.8) is 0 Å². The van der Waals surface area contributed by atoms with E-state index in [0.717, 1.165) is 33.0 Å². The van der Waals surface area contributed by atoms with Gasteiger partial charge in [0.15, 0.2) is 6.61 Å². The summed E-state index contributed by atoms with van der Waals surface area (Å²) in [7, 11) is 0. The van der Waals surface area contributed by atoms with Gasteiger partial charge in [0.05, 0.1) is 5.69 Å². The van der Waals surface area contributed by atoms with Gasteiger partial charge in [-0.15, -0.1) is 11.3 Å². The molecular formula is C25H22N2O2S. The zero-order chi connectivity index (χ0) is 20.8. The lowest BCUT2D eigenvalue weighted by Gasteiger charge is -2.08. The Morgan fingerprint density at radius 2 is 1.73 bits per heavy atom. The van der Waals surface area contributed by atoms with E-state index >= 15 is 0 Å². The number of aromatic nitrogens is 1. The van der Waals surface area contributed by atoms with Gasteiger partial charge in [0.1, 0.15) is 10.8 Å². The second-order valence-corrected chi connectivity index (χ2v) is 7.84. The van der Waals surface area contributed by atoms with Crippen molar-refractivity contribution >= 4 is 17.2 Å². The molecular weight excluding hydrogens is 392 g/mol. The van der Waals surface area contributed by atoms with Crippen LogP contribution in [-0.2, 0) is 11.3 Å². The number of rotatable bonds is 7. The van der Waals surface area contributed by atoms with E-state index in [1.807, 2.05) is 67.6 Å². The van der Waals surface area contributed by atoms with Crippen molar-refractivity contribution in [2.75, 3.05) is 6.61 Å². The average Bonchev–Trinajstić information content (AvgIpc) is 3.29. The fourth-order valence-electron chi connectivity index (χ4n) is 3.00. The molecule has 0 bridgehead atoms. The number of aryl methyl sites for hydroxylation is 1. The minimum Gasteiger partial charge on any atom is -0.484 e. The Bertz CT molecular complexity index is 1120. The molecule has 0 saturated carbocycles. The predicted octanol–water partition coefficient (Wildman–Crippen LogP) is 5.48. The molecule has 1 aromatic heterocycles. The van der Waals surface area contributed by atoms with E-state index in [2.05, 4.69) is 28.9 Å². The first kappa shape index (κ1) is 19.9. The molecule has 0 spiro atoms. The Morgan fingerprint density at radius 1 is 0.967 bits per heavy atom. The average molecular weight is 415 g/mol. The van der Waals surface area contributed by atoms with Gasteiger partial charge < -0.3 is 10.1 Å². The molecule has 4 rings (SSSR count). The van der Waals surface area contributed by atoms with Crippen molar-refractivity contribution in [2.24, 2.45) is 0 Å². The number of amides is 1. The molecule has 0 unspecified atom stereocenters. The predicted molar refractivity (Wildman–Crippen MR) is 122 cm³/mol. The summed E-state index contributed by atoms with van der Waals surface area (Å²) in [5.74, 6) is 0.539. The number of hydrogen-bond donors (Lipinski definition) is 1. The van der Waals surface area contributed by atoms with Gasteiger partial charge in [-0.2, -0.15) is 0 Å². The number of nitrogens with zero attached hydrogens (tertiary/aromatic N) is 1. The Morgan fingerprint density at radius 3 is 2.53 bits per heavy atom. The highest BCUT2D eigenvalue weighted by Gasteiger charge is 2.08. The van der Waals surface area contributed by atoms with Gasteiger partial charge in [-0.3, -0.25) is 4.79 Å². The van der Waals surface area contributed by atoms with Crippen LogP contribution in [0.2, 0.25) is 0 Å². The van der Waals surface area contributed by atoms with Crippen LogP contribution in [0.15, 0.2) is 84.2 Å². The summed E-state index contributed by atoms with van der Waals surface area (Å²) in [5.41, 5.74) is 5.31. The number of carbonyl (C=O) groups is 1. The third-order valence-corrected chi connectivity index (χ3v) is 5.52. The highest BCUT2D eigenvalue weighted by molar-refractivity contribution is 7.13. The van der Waals surface area contributed by atoms with Gasteiger partial charge in [-0.05, 0) is 30.7 Å². The van der Waals surface area contributed by atoms with Crippen molar-refractivity contribution in [1.82, 2.24) is 10.3 Å². The number of nitrogens with one attached hydrogen (secondary N) is 1. The molecule has 0 aliphatic rings. The number of thiazole rings is 1. The van der Waals surface area contributed by atoms with Crippen LogP contribution < -0.4 is 10.1 Å². The summed E-state index contributed by atoms with van der Waals surface area (Å²) in [6.07, 6.45) is 0. The largest absolute Gasteiger partial charge is 0.484 e. The normalized spacial score (nSPS) is 10.6. The number of ether oxygens (including phenoxy) is 1. The third kappa shape index (κ3) is 5.13. The van der Waals surface area contributed by atoms with Gasteiger partial charge in [-0.1, -0.05) is 66.2 Å². The fraction of sp³-hybridized carbons (Fsp3) is 0.120. The van der Waals surface area contributed by atoms with E-state index in [1.54, 1.807) is 11.3 Å². The zero-order valence-corrected chi connectivity index (χ0v) is 17.5. The first-order chi connectivity index (χ1) is 14.7. The van der Waals surface area contributed by atoms with Crippen LogP contribution in [-0.4, -0.2) is 17.5 Å². The van der Waals surface area contributed by atoms with Crippen LogP contribution >= 0.6 is 11.3 Å². The van der Waals surface area contributed by atoms with Crippen molar-refractivity contribution in [3.8, 4) is 27.6 Å². The van der Waals surface area contributed by atoms with E-state index < -0.39 is 0 Å². The van der Waals surface area contributed by atoms with Crippen molar-refractivity contribution in [2.45, 2.75) is 13.5 Å². The Kier molecular flexibility index (Phi) is 6.20. The van der Waals surface area contributed by atoms with Crippen molar-refractivity contribution in [1.29, 1.82) is 0 Å². The summed E-state index contributed by atoms with van der Waals surface area (Å²) >= 11 is 1.62.